The molecule has 1 unspecified atom stereocenters. The van der Waals surface area contributed by atoms with E-state index in [1.807, 2.05) is 6.92 Å². The Hall–Kier alpha value is -0.500. The first kappa shape index (κ1) is 12.0. The quantitative estimate of drug-likeness (QED) is 0.700. The SMILES string of the molecule is C/C(O)=C1\CCCCC1NC1CCCCC1. The van der Waals surface area contributed by atoms with Crippen molar-refractivity contribution in [2.24, 2.45) is 0 Å². The second-order valence-electron chi connectivity index (χ2n) is 5.41. The third kappa shape index (κ3) is 3.00. The standard InChI is InChI=1S/C14H25NO/c1-11(16)13-9-5-6-10-14(13)15-12-7-3-2-4-8-12/h12,14-16H,2-10H2,1H3/b13-11-. The molecule has 1 atom stereocenters. The van der Waals surface area contributed by atoms with E-state index in [2.05, 4.69) is 5.32 Å². The molecule has 0 heterocycles. The first-order valence-corrected chi connectivity index (χ1v) is 6.92. The van der Waals surface area contributed by atoms with Gasteiger partial charge in [0.15, 0.2) is 0 Å². The monoisotopic (exact) mass is 223 g/mol. The molecule has 2 fully saturated rings. The molecular weight excluding hydrogens is 198 g/mol. The highest BCUT2D eigenvalue weighted by Crippen LogP contribution is 2.28. The first-order chi connectivity index (χ1) is 7.77. The van der Waals surface area contributed by atoms with E-state index in [0.717, 1.165) is 6.42 Å². The normalized spacial score (nSPS) is 31.4. The van der Waals surface area contributed by atoms with Gasteiger partial charge in [0.1, 0.15) is 0 Å². The molecule has 0 saturated heterocycles. The average molecular weight is 223 g/mol. The lowest BCUT2D eigenvalue weighted by molar-refractivity contribution is 0.312. The minimum atomic E-state index is 0.460. The van der Waals surface area contributed by atoms with Crippen LogP contribution in [0.4, 0.5) is 0 Å². The maximum atomic E-state index is 9.72. The Kier molecular flexibility index (Phi) is 4.28. The van der Waals surface area contributed by atoms with E-state index >= 15 is 0 Å². The summed E-state index contributed by atoms with van der Waals surface area (Å²) in [4.78, 5) is 0. The summed E-state index contributed by atoms with van der Waals surface area (Å²) in [7, 11) is 0. The molecular formula is C14H25NO. The molecule has 0 amide bonds. The molecule has 2 saturated carbocycles. The van der Waals surface area contributed by atoms with E-state index in [-0.39, 0.29) is 0 Å². The fraction of sp³-hybridized carbons (Fsp3) is 0.857. The van der Waals surface area contributed by atoms with Gasteiger partial charge in [0.05, 0.1) is 5.76 Å². The predicted octanol–water partition coefficient (Wildman–Crippen LogP) is 3.68. The maximum Gasteiger partial charge on any atom is 0.0899 e. The van der Waals surface area contributed by atoms with Crippen molar-refractivity contribution in [3.8, 4) is 0 Å². The van der Waals surface area contributed by atoms with E-state index in [1.54, 1.807) is 0 Å². The highest BCUT2D eigenvalue weighted by atomic mass is 16.3. The van der Waals surface area contributed by atoms with Gasteiger partial charge in [-0.2, -0.15) is 0 Å². The van der Waals surface area contributed by atoms with Gasteiger partial charge in [-0.3, -0.25) is 0 Å². The number of hydrogen-bond donors (Lipinski definition) is 2. The van der Waals surface area contributed by atoms with Crippen LogP contribution in [0.2, 0.25) is 0 Å². The molecule has 0 aliphatic heterocycles. The van der Waals surface area contributed by atoms with E-state index in [9.17, 15) is 5.11 Å². The summed E-state index contributed by atoms with van der Waals surface area (Å²) in [6, 6.07) is 1.16. The van der Waals surface area contributed by atoms with Crippen molar-refractivity contribution in [3.05, 3.63) is 11.3 Å². The van der Waals surface area contributed by atoms with Gasteiger partial charge in [-0.05, 0) is 44.6 Å². The number of nitrogens with one attached hydrogen (secondary N) is 1. The van der Waals surface area contributed by atoms with Crippen LogP contribution >= 0.6 is 0 Å². The average Bonchev–Trinajstić information content (AvgIpc) is 2.31. The lowest BCUT2D eigenvalue weighted by Crippen LogP contribution is -2.42. The lowest BCUT2D eigenvalue weighted by atomic mass is 9.87. The third-order valence-corrected chi connectivity index (χ3v) is 4.12. The van der Waals surface area contributed by atoms with Gasteiger partial charge in [-0.25, -0.2) is 0 Å². The summed E-state index contributed by atoms with van der Waals surface area (Å²) >= 11 is 0. The first-order valence-electron chi connectivity index (χ1n) is 6.92. The minimum absolute atomic E-state index is 0.460. The van der Waals surface area contributed by atoms with Crippen molar-refractivity contribution in [2.45, 2.75) is 76.8 Å². The molecule has 2 aliphatic rings. The zero-order valence-electron chi connectivity index (χ0n) is 10.5. The zero-order chi connectivity index (χ0) is 11.4. The van der Waals surface area contributed by atoms with Crippen LogP contribution in [0, 0.1) is 0 Å². The van der Waals surface area contributed by atoms with Gasteiger partial charge in [0.2, 0.25) is 0 Å². The third-order valence-electron chi connectivity index (χ3n) is 4.12. The lowest BCUT2D eigenvalue weighted by Gasteiger charge is -2.32. The van der Waals surface area contributed by atoms with Crippen molar-refractivity contribution < 1.29 is 5.11 Å². The molecule has 0 radical (unpaired) electrons. The molecule has 2 heteroatoms. The van der Waals surface area contributed by atoms with Crippen LogP contribution in [0.1, 0.15) is 64.7 Å². The van der Waals surface area contributed by atoms with E-state index in [0.29, 0.717) is 17.8 Å². The van der Waals surface area contributed by atoms with Crippen LogP contribution in [0.15, 0.2) is 11.3 Å². The largest absolute Gasteiger partial charge is 0.513 e. The van der Waals surface area contributed by atoms with Gasteiger partial charge in [-0.1, -0.05) is 25.7 Å². The van der Waals surface area contributed by atoms with Crippen LogP contribution in [0.25, 0.3) is 0 Å². The number of aliphatic hydroxyl groups is 1. The fourth-order valence-electron chi connectivity index (χ4n) is 3.18. The zero-order valence-corrected chi connectivity index (χ0v) is 10.5. The molecule has 0 bridgehead atoms. The van der Waals surface area contributed by atoms with Gasteiger partial charge in [-0.15, -0.1) is 0 Å². The van der Waals surface area contributed by atoms with Crippen LogP contribution in [-0.2, 0) is 0 Å². The summed E-state index contributed by atoms with van der Waals surface area (Å²) in [5.74, 6) is 0.563. The Morgan fingerprint density at radius 1 is 1.06 bits per heavy atom. The second-order valence-corrected chi connectivity index (χ2v) is 5.41. The molecule has 0 aromatic heterocycles. The van der Waals surface area contributed by atoms with Crippen molar-refractivity contribution in [2.75, 3.05) is 0 Å². The van der Waals surface area contributed by atoms with Crippen molar-refractivity contribution in [1.29, 1.82) is 0 Å². The Balaban J connectivity index is 1.93. The van der Waals surface area contributed by atoms with Crippen LogP contribution in [-0.4, -0.2) is 17.2 Å². The molecule has 2 N–H and O–H groups in total. The Morgan fingerprint density at radius 2 is 1.75 bits per heavy atom. The molecule has 2 aliphatic carbocycles. The number of allylic oxidation sites excluding steroid dienone is 1. The van der Waals surface area contributed by atoms with E-state index in [4.69, 9.17) is 0 Å². The summed E-state index contributed by atoms with van der Waals surface area (Å²) in [5, 5.41) is 13.5. The molecule has 2 nitrogen and oxygen atoms in total. The maximum absolute atomic E-state index is 9.72. The molecule has 2 rings (SSSR count). The topological polar surface area (TPSA) is 32.3 Å². The predicted molar refractivity (Wildman–Crippen MR) is 67.6 cm³/mol. The van der Waals surface area contributed by atoms with Crippen LogP contribution < -0.4 is 5.32 Å². The van der Waals surface area contributed by atoms with Gasteiger partial charge in [0.25, 0.3) is 0 Å². The minimum Gasteiger partial charge on any atom is -0.513 e. The van der Waals surface area contributed by atoms with Crippen LogP contribution in [0.3, 0.4) is 0 Å². The summed E-state index contributed by atoms with van der Waals surface area (Å²) in [5.41, 5.74) is 1.27. The summed E-state index contributed by atoms with van der Waals surface area (Å²) in [6.07, 6.45) is 11.7. The molecule has 0 spiro atoms. The van der Waals surface area contributed by atoms with E-state index < -0.39 is 0 Å². The molecule has 0 aromatic rings. The van der Waals surface area contributed by atoms with Crippen molar-refractivity contribution in [3.63, 3.8) is 0 Å². The van der Waals surface area contributed by atoms with Crippen LogP contribution in [0.5, 0.6) is 0 Å². The summed E-state index contributed by atoms with van der Waals surface area (Å²) in [6.45, 7) is 1.84. The van der Waals surface area contributed by atoms with Gasteiger partial charge in [0, 0.05) is 12.1 Å². The Morgan fingerprint density at radius 3 is 2.44 bits per heavy atom. The van der Waals surface area contributed by atoms with Gasteiger partial charge >= 0.3 is 0 Å². The molecule has 16 heavy (non-hydrogen) atoms. The highest BCUT2D eigenvalue weighted by molar-refractivity contribution is 5.16. The van der Waals surface area contributed by atoms with Crippen molar-refractivity contribution in [1.82, 2.24) is 5.32 Å². The Bertz CT molecular complexity index is 249. The highest BCUT2D eigenvalue weighted by Gasteiger charge is 2.24. The summed E-state index contributed by atoms with van der Waals surface area (Å²) < 4.78 is 0. The second kappa shape index (κ2) is 5.72. The number of aliphatic hydroxyl groups excluding tert-OH is 1. The fourth-order valence-corrected chi connectivity index (χ4v) is 3.18. The smallest absolute Gasteiger partial charge is 0.0899 e. The van der Waals surface area contributed by atoms with Crippen molar-refractivity contribution >= 4 is 0 Å². The van der Waals surface area contributed by atoms with E-state index in [1.165, 1.54) is 56.9 Å². The number of hydrogen-bond acceptors (Lipinski definition) is 2. The molecule has 0 aromatic carbocycles. The van der Waals surface area contributed by atoms with Gasteiger partial charge < -0.3 is 10.4 Å². The molecule has 92 valence electrons. The number of rotatable bonds is 2. The Labute approximate surface area is 99.1 Å².